The van der Waals surface area contributed by atoms with Crippen LogP contribution < -0.4 is 20.4 Å². The SMILES string of the molecule is Nc1ncnc2c1ncn2C1O[C@H](COP(=O)([O-])OP(=O)([O-])OP(=O)([O-])O)C(O)C1O. The molecule has 174 valence electrons. The number of hydrogen-bond donors (Lipinski definition) is 4. The fraction of sp³-hybridized carbons (Fsp3) is 0.500. The van der Waals surface area contributed by atoms with Crippen molar-refractivity contribution in [1.29, 1.82) is 0 Å². The predicted octanol–water partition coefficient (Wildman–Crippen LogP) is -3.52. The molecule has 0 aromatic carbocycles. The Labute approximate surface area is 171 Å². The summed E-state index contributed by atoms with van der Waals surface area (Å²) in [6.45, 7) is -1.06. The number of fused-ring (bicyclic) bond motifs is 1. The molecule has 2 aromatic heterocycles. The topological polar surface area (TPSA) is 288 Å². The number of phosphoric acid groups is 3. The fourth-order valence-electron chi connectivity index (χ4n) is 2.61. The Kier molecular flexibility index (Phi) is 6.68. The lowest BCUT2D eigenvalue weighted by Crippen LogP contribution is -2.34. The summed E-state index contributed by atoms with van der Waals surface area (Å²) < 4.78 is 50.6. The zero-order chi connectivity index (χ0) is 23.2. The summed E-state index contributed by atoms with van der Waals surface area (Å²) in [6, 6.07) is 0. The smallest absolute Gasteiger partial charge is 0.280 e. The van der Waals surface area contributed by atoms with Gasteiger partial charge in [0.15, 0.2) is 17.7 Å². The van der Waals surface area contributed by atoms with E-state index in [-0.39, 0.29) is 17.0 Å². The molecule has 0 aliphatic carbocycles. The second-order valence-electron chi connectivity index (χ2n) is 5.95. The molecule has 18 nitrogen and oxygen atoms in total. The van der Waals surface area contributed by atoms with Crippen LogP contribution in [0.5, 0.6) is 0 Å². The van der Waals surface area contributed by atoms with Gasteiger partial charge in [-0.15, -0.1) is 0 Å². The van der Waals surface area contributed by atoms with Crippen molar-refractivity contribution >= 4 is 40.4 Å². The van der Waals surface area contributed by atoms with Crippen molar-refractivity contribution in [2.24, 2.45) is 0 Å². The minimum absolute atomic E-state index is 0.0240. The van der Waals surface area contributed by atoms with Crippen LogP contribution in [0.4, 0.5) is 5.82 Å². The van der Waals surface area contributed by atoms with Gasteiger partial charge >= 0.3 is 0 Å². The predicted molar refractivity (Wildman–Crippen MR) is 88.8 cm³/mol. The van der Waals surface area contributed by atoms with Crippen molar-refractivity contribution in [2.75, 3.05) is 12.3 Å². The third-order valence-corrected chi connectivity index (χ3v) is 7.49. The summed E-state index contributed by atoms with van der Waals surface area (Å²) in [6.07, 6.45) is -3.94. The highest BCUT2D eigenvalue weighted by molar-refractivity contribution is 7.65. The van der Waals surface area contributed by atoms with Crippen LogP contribution in [0.3, 0.4) is 0 Å². The molecule has 0 radical (unpaired) electrons. The number of rotatable bonds is 8. The van der Waals surface area contributed by atoms with Gasteiger partial charge in [-0.2, -0.15) is 0 Å². The van der Waals surface area contributed by atoms with Crippen LogP contribution in [0.2, 0.25) is 0 Å². The van der Waals surface area contributed by atoms with E-state index in [0.717, 1.165) is 6.33 Å². The number of imidazole rings is 1. The molecule has 31 heavy (non-hydrogen) atoms. The van der Waals surface area contributed by atoms with Crippen LogP contribution in [0, 0.1) is 0 Å². The number of aliphatic hydroxyl groups is 2. The maximum absolute atomic E-state index is 11.6. The summed E-state index contributed by atoms with van der Waals surface area (Å²) in [7, 11) is -17.7. The summed E-state index contributed by atoms with van der Waals surface area (Å²) in [4.78, 5) is 53.1. The van der Waals surface area contributed by atoms with Crippen LogP contribution >= 0.6 is 23.5 Å². The Balaban J connectivity index is 1.69. The van der Waals surface area contributed by atoms with E-state index in [0.29, 0.717) is 0 Å². The van der Waals surface area contributed by atoms with Crippen molar-refractivity contribution in [3.8, 4) is 0 Å². The Morgan fingerprint density at radius 2 is 1.77 bits per heavy atom. The maximum atomic E-state index is 11.6. The molecule has 0 bridgehead atoms. The molecule has 21 heteroatoms. The lowest BCUT2D eigenvalue weighted by molar-refractivity contribution is -0.250. The van der Waals surface area contributed by atoms with E-state index in [1.54, 1.807) is 0 Å². The van der Waals surface area contributed by atoms with Gasteiger partial charge in [0.2, 0.25) is 0 Å². The van der Waals surface area contributed by atoms with E-state index >= 15 is 0 Å². The number of phosphoric ester groups is 1. The van der Waals surface area contributed by atoms with Gasteiger partial charge in [-0.3, -0.25) is 18.3 Å². The summed E-state index contributed by atoms with van der Waals surface area (Å²) >= 11 is 0. The Bertz CT molecular complexity index is 1100. The zero-order valence-corrected chi connectivity index (χ0v) is 17.5. The molecule has 3 heterocycles. The minimum atomic E-state index is -6.08. The normalized spacial score (nSPS) is 30.0. The highest BCUT2D eigenvalue weighted by Gasteiger charge is 2.45. The third kappa shape index (κ3) is 5.71. The molecule has 1 fully saturated rings. The van der Waals surface area contributed by atoms with Crippen LogP contribution in [-0.2, 0) is 31.6 Å². The summed E-state index contributed by atoms with van der Waals surface area (Å²) in [5, 5.41) is 20.3. The van der Waals surface area contributed by atoms with Crippen molar-refractivity contribution in [2.45, 2.75) is 24.5 Å². The van der Waals surface area contributed by atoms with E-state index in [9.17, 15) is 38.6 Å². The molecule has 0 amide bonds. The number of aromatic nitrogens is 4. The highest BCUT2D eigenvalue weighted by Crippen LogP contribution is 2.61. The molecule has 2 aromatic rings. The van der Waals surface area contributed by atoms with Gasteiger partial charge in [0.05, 0.1) is 12.9 Å². The number of hydrogen-bond acceptors (Lipinski definition) is 16. The second-order valence-corrected chi connectivity index (χ2v) is 10.2. The molecule has 0 saturated carbocycles. The van der Waals surface area contributed by atoms with E-state index in [1.807, 2.05) is 0 Å². The Morgan fingerprint density at radius 1 is 1.10 bits per heavy atom. The number of nitrogens with two attached hydrogens (primary N) is 1. The number of nitrogens with zero attached hydrogens (tertiary/aromatic N) is 4. The van der Waals surface area contributed by atoms with E-state index in [2.05, 4.69) is 28.1 Å². The van der Waals surface area contributed by atoms with Gasteiger partial charge in [-0.25, -0.2) is 23.6 Å². The van der Waals surface area contributed by atoms with Crippen LogP contribution in [0.15, 0.2) is 12.7 Å². The van der Waals surface area contributed by atoms with Gasteiger partial charge in [0.25, 0.3) is 23.5 Å². The molecule has 3 rings (SSSR count). The quantitative estimate of drug-likeness (QED) is 0.253. The molecular formula is C10H13N5O13P3-3. The monoisotopic (exact) mass is 504 g/mol. The highest BCUT2D eigenvalue weighted by atomic mass is 31.3. The maximum Gasteiger partial charge on any atom is 0.280 e. The molecule has 1 saturated heterocycles. The lowest BCUT2D eigenvalue weighted by atomic mass is 10.1. The first-order valence-electron chi connectivity index (χ1n) is 7.87. The standard InChI is InChI=1S/C10H16N5O13P3/c11-8-5-9(13-2-12-8)15(3-14-5)10-7(17)6(16)4(26-10)1-25-30(21,22)28-31(23,24)27-29(18,19)20/h2-4,6-7,10,16-17H,1H2,(H,21,22)(H,23,24)(H2,11,12,13)(H2,18,19,20)/p-3/t4-,6?,7?,10?/m1/s1. The molecule has 1 aliphatic rings. The fourth-order valence-corrected chi connectivity index (χ4v) is 5.50. The first kappa shape index (κ1) is 24.3. The Hall–Kier alpha value is -1.36. The number of anilines is 1. The molecule has 1 aliphatic heterocycles. The van der Waals surface area contributed by atoms with Gasteiger partial charge in [-0.1, -0.05) is 0 Å². The summed E-state index contributed by atoms with van der Waals surface area (Å²) in [5.74, 6) is 0.0240. The third-order valence-electron chi connectivity index (χ3n) is 3.80. The molecule has 5 N–H and O–H groups in total. The van der Waals surface area contributed by atoms with Gasteiger partial charge in [0.1, 0.15) is 30.2 Å². The average molecular weight is 504 g/mol. The van der Waals surface area contributed by atoms with Crippen LogP contribution in [0.25, 0.3) is 11.2 Å². The Morgan fingerprint density at radius 3 is 2.42 bits per heavy atom. The van der Waals surface area contributed by atoms with Gasteiger partial charge in [-0.05, 0) is 0 Å². The minimum Gasteiger partial charge on any atom is -0.756 e. The van der Waals surface area contributed by atoms with E-state index in [1.165, 1.54) is 10.9 Å². The molecular weight excluding hydrogens is 491 g/mol. The van der Waals surface area contributed by atoms with Crippen LogP contribution in [-0.4, -0.2) is 59.5 Å². The lowest BCUT2D eigenvalue weighted by Gasteiger charge is -2.33. The van der Waals surface area contributed by atoms with Crippen molar-refractivity contribution in [1.82, 2.24) is 19.5 Å². The van der Waals surface area contributed by atoms with Crippen molar-refractivity contribution in [3.63, 3.8) is 0 Å². The van der Waals surface area contributed by atoms with E-state index < -0.39 is 54.6 Å². The molecule has 7 atom stereocenters. The first-order valence-corrected chi connectivity index (χ1v) is 12.3. The van der Waals surface area contributed by atoms with E-state index in [4.69, 9.17) is 15.4 Å². The molecule has 6 unspecified atom stereocenters. The number of ether oxygens (including phenoxy) is 1. The van der Waals surface area contributed by atoms with Crippen LogP contribution in [0.1, 0.15) is 6.23 Å². The largest absolute Gasteiger partial charge is 0.756 e. The van der Waals surface area contributed by atoms with Crippen molar-refractivity contribution < 1.29 is 61.4 Å². The first-order chi connectivity index (χ1) is 14.2. The van der Waals surface area contributed by atoms with Crippen molar-refractivity contribution in [3.05, 3.63) is 12.7 Å². The zero-order valence-electron chi connectivity index (χ0n) is 14.8. The number of nitrogen functional groups attached to an aromatic ring is 1. The second kappa shape index (κ2) is 8.53. The summed E-state index contributed by atoms with van der Waals surface area (Å²) in [5.41, 5.74) is 5.94. The van der Waals surface area contributed by atoms with Gasteiger partial charge in [0, 0.05) is 0 Å². The molecule has 0 spiro atoms. The average Bonchev–Trinajstić information content (AvgIpc) is 3.13. The number of aliphatic hydroxyl groups excluding tert-OH is 2. The van der Waals surface area contributed by atoms with Gasteiger partial charge < -0.3 is 44.8 Å².